The van der Waals surface area contributed by atoms with Crippen molar-refractivity contribution in [2.24, 2.45) is 10.9 Å². The van der Waals surface area contributed by atoms with E-state index in [1.165, 1.54) is 0 Å². The summed E-state index contributed by atoms with van der Waals surface area (Å²) in [5.74, 6) is -0.370. The second-order valence-corrected chi connectivity index (χ2v) is 4.28. The number of rotatable bonds is 6. The summed E-state index contributed by atoms with van der Waals surface area (Å²) in [7, 11) is 0. The van der Waals surface area contributed by atoms with Crippen molar-refractivity contribution in [2.75, 3.05) is 13.2 Å². The van der Waals surface area contributed by atoms with Gasteiger partial charge in [-0.1, -0.05) is 5.16 Å². The Labute approximate surface area is 120 Å². The lowest BCUT2D eigenvalue weighted by Gasteiger charge is -2.18. The molecule has 0 bridgehead atoms. The van der Waals surface area contributed by atoms with Crippen LogP contribution < -0.4 is 10.5 Å². The van der Waals surface area contributed by atoms with Crippen LogP contribution in [0.25, 0.3) is 0 Å². The highest BCUT2D eigenvalue weighted by Crippen LogP contribution is 2.32. The van der Waals surface area contributed by atoms with Crippen LogP contribution in [0.15, 0.2) is 23.4 Å². The first-order valence-electron chi connectivity index (χ1n) is 6.23. The quantitative estimate of drug-likeness (QED) is 0.366. The highest BCUT2D eigenvalue weighted by Gasteiger charge is 2.31. The molecular formula is C13H17F3N2O3. The van der Waals surface area contributed by atoms with Gasteiger partial charge in [0.05, 0.1) is 17.7 Å². The van der Waals surface area contributed by atoms with Gasteiger partial charge in [0, 0.05) is 6.61 Å². The van der Waals surface area contributed by atoms with Crippen molar-refractivity contribution in [1.82, 2.24) is 0 Å². The zero-order chi connectivity index (χ0) is 16.0. The number of amidine groups is 1. The molecular weight excluding hydrogens is 289 g/mol. The minimum absolute atomic E-state index is 0.0884. The van der Waals surface area contributed by atoms with Crippen LogP contribution in [0.1, 0.15) is 25.0 Å². The van der Waals surface area contributed by atoms with E-state index in [4.69, 9.17) is 20.4 Å². The summed E-state index contributed by atoms with van der Waals surface area (Å²) in [5.41, 5.74) is 4.37. The van der Waals surface area contributed by atoms with E-state index in [0.29, 0.717) is 6.61 Å². The molecule has 1 aromatic carbocycles. The summed E-state index contributed by atoms with van der Waals surface area (Å²) < 4.78 is 48.7. The number of nitrogens with zero attached hydrogens (tertiary/aromatic N) is 1. The normalized spacial score (nSPS) is 14.0. The molecule has 0 aliphatic carbocycles. The number of halogens is 3. The molecule has 0 spiro atoms. The number of ether oxygens (including phenoxy) is 2. The highest BCUT2D eigenvalue weighted by molar-refractivity contribution is 5.99. The summed E-state index contributed by atoms with van der Waals surface area (Å²) in [6.07, 6.45) is -4.92. The summed E-state index contributed by atoms with van der Waals surface area (Å²) in [5, 5.41) is 11.4. The van der Waals surface area contributed by atoms with Crippen molar-refractivity contribution >= 4 is 5.84 Å². The molecule has 0 fully saturated rings. The molecule has 0 saturated carbocycles. The van der Waals surface area contributed by atoms with Gasteiger partial charge in [-0.25, -0.2) is 0 Å². The zero-order valence-corrected chi connectivity index (χ0v) is 11.6. The molecule has 0 radical (unpaired) electrons. The van der Waals surface area contributed by atoms with Crippen LogP contribution in [0.4, 0.5) is 13.2 Å². The lowest BCUT2D eigenvalue weighted by Crippen LogP contribution is -2.22. The van der Waals surface area contributed by atoms with Gasteiger partial charge < -0.3 is 20.4 Å². The Morgan fingerprint density at radius 2 is 2.10 bits per heavy atom. The van der Waals surface area contributed by atoms with Crippen LogP contribution in [-0.2, 0) is 10.9 Å². The van der Waals surface area contributed by atoms with E-state index >= 15 is 0 Å². The Morgan fingerprint density at radius 3 is 2.62 bits per heavy atom. The van der Waals surface area contributed by atoms with Gasteiger partial charge in [-0.05, 0) is 32.0 Å². The van der Waals surface area contributed by atoms with Crippen LogP contribution in [-0.4, -0.2) is 30.4 Å². The van der Waals surface area contributed by atoms with E-state index in [2.05, 4.69) is 5.16 Å². The van der Waals surface area contributed by atoms with Gasteiger partial charge in [0.2, 0.25) is 0 Å². The first-order valence-corrected chi connectivity index (χ1v) is 6.23. The second kappa shape index (κ2) is 7.16. The summed E-state index contributed by atoms with van der Waals surface area (Å²) in [6, 6.07) is 2.79. The Bertz CT molecular complexity index is 504. The van der Waals surface area contributed by atoms with Gasteiger partial charge in [0.15, 0.2) is 5.84 Å². The number of hydrogen-bond acceptors (Lipinski definition) is 4. The molecule has 0 heterocycles. The van der Waals surface area contributed by atoms with Crippen molar-refractivity contribution in [3.8, 4) is 5.75 Å². The number of nitrogens with two attached hydrogens (primary N) is 1. The Kier molecular flexibility index (Phi) is 5.83. The summed E-state index contributed by atoms with van der Waals surface area (Å²) in [6.45, 7) is 4.27. The molecule has 21 heavy (non-hydrogen) atoms. The summed E-state index contributed by atoms with van der Waals surface area (Å²) in [4.78, 5) is 0. The van der Waals surface area contributed by atoms with Gasteiger partial charge in [-0.2, -0.15) is 13.2 Å². The van der Waals surface area contributed by atoms with Crippen LogP contribution in [0.5, 0.6) is 5.75 Å². The lowest BCUT2D eigenvalue weighted by molar-refractivity contribution is -0.137. The van der Waals surface area contributed by atoms with Crippen LogP contribution in [0.2, 0.25) is 0 Å². The van der Waals surface area contributed by atoms with E-state index < -0.39 is 23.7 Å². The third kappa shape index (κ3) is 4.82. The minimum atomic E-state index is -4.53. The van der Waals surface area contributed by atoms with E-state index in [1.807, 2.05) is 6.92 Å². The standard InChI is InChI=1S/C13H17F3N2O3/c1-3-20-7-8(2)21-11-5-4-9(13(14,15)16)6-10(11)12(17)18-19/h4-6,8,19H,3,7H2,1-2H3,(H2,17,18). The number of alkyl halides is 3. The van der Waals surface area contributed by atoms with E-state index in [1.54, 1.807) is 6.92 Å². The van der Waals surface area contributed by atoms with E-state index in [0.717, 1.165) is 18.2 Å². The average Bonchev–Trinajstić information content (AvgIpc) is 2.43. The minimum Gasteiger partial charge on any atom is -0.488 e. The fourth-order valence-corrected chi connectivity index (χ4v) is 1.60. The van der Waals surface area contributed by atoms with Crippen molar-refractivity contribution in [3.05, 3.63) is 29.3 Å². The van der Waals surface area contributed by atoms with Gasteiger partial charge in [0.1, 0.15) is 11.9 Å². The number of hydrogen-bond donors (Lipinski definition) is 2. The largest absolute Gasteiger partial charge is 0.488 e. The monoisotopic (exact) mass is 306 g/mol. The average molecular weight is 306 g/mol. The molecule has 0 aliphatic heterocycles. The molecule has 0 aliphatic rings. The number of oxime groups is 1. The van der Waals surface area contributed by atoms with Crippen molar-refractivity contribution in [2.45, 2.75) is 26.1 Å². The van der Waals surface area contributed by atoms with Crippen LogP contribution in [0, 0.1) is 0 Å². The fourth-order valence-electron chi connectivity index (χ4n) is 1.60. The SMILES string of the molecule is CCOCC(C)Oc1ccc(C(F)(F)F)cc1/C(N)=N/O. The molecule has 118 valence electrons. The molecule has 1 aromatic rings. The van der Waals surface area contributed by atoms with Crippen LogP contribution >= 0.6 is 0 Å². The van der Waals surface area contributed by atoms with Gasteiger partial charge in [-0.3, -0.25) is 0 Å². The zero-order valence-electron chi connectivity index (χ0n) is 11.6. The first-order chi connectivity index (χ1) is 9.79. The predicted molar refractivity (Wildman–Crippen MR) is 70.5 cm³/mol. The smallest absolute Gasteiger partial charge is 0.416 e. The van der Waals surface area contributed by atoms with Crippen molar-refractivity contribution < 1.29 is 27.9 Å². The molecule has 1 rings (SSSR count). The molecule has 1 atom stereocenters. The Balaban J connectivity index is 3.08. The van der Waals surface area contributed by atoms with E-state index in [9.17, 15) is 13.2 Å². The molecule has 0 saturated heterocycles. The van der Waals surface area contributed by atoms with Gasteiger partial charge in [0.25, 0.3) is 0 Å². The third-order valence-electron chi connectivity index (χ3n) is 2.58. The maximum Gasteiger partial charge on any atom is 0.416 e. The summed E-state index contributed by atoms with van der Waals surface area (Å²) >= 11 is 0. The first kappa shape index (κ1) is 17.1. The molecule has 3 N–H and O–H groups in total. The molecule has 5 nitrogen and oxygen atoms in total. The maximum absolute atomic E-state index is 12.7. The van der Waals surface area contributed by atoms with E-state index in [-0.39, 0.29) is 17.9 Å². The Morgan fingerprint density at radius 1 is 1.43 bits per heavy atom. The van der Waals surface area contributed by atoms with Gasteiger partial charge >= 0.3 is 6.18 Å². The van der Waals surface area contributed by atoms with Gasteiger partial charge in [-0.15, -0.1) is 0 Å². The topological polar surface area (TPSA) is 77.1 Å². The predicted octanol–water partition coefficient (Wildman–Crippen LogP) is 2.60. The highest BCUT2D eigenvalue weighted by atomic mass is 19.4. The molecule has 1 unspecified atom stereocenters. The second-order valence-electron chi connectivity index (χ2n) is 4.28. The van der Waals surface area contributed by atoms with Crippen molar-refractivity contribution in [3.63, 3.8) is 0 Å². The lowest BCUT2D eigenvalue weighted by atomic mass is 10.1. The third-order valence-corrected chi connectivity index (χ3v) is 2.58. The molecule has 8 heteroatoms. The fraction of sp³-hybridized carbons (Fsp3) is 0.462. The number of benzene rings is 1. The maximum atomic E-state index is 12.7. The van der Waals surface area contributed by atoms with Crippen LogP contribution in [0.3, 0.4) is 0 Å². The molecule has 0 aromatic heterocycles. The molecule has 0 amide bonds. The van der Waals surface area contributed by atoms with Crippen molar-refractivity contribution in [1.29, 1.82) is 0 Å². The Hall–Kier alpha value is -1.96.